The summed E-state index contributed by atoms with van der Waals surface area (Å²) in [6, 6.07) is -0.926. The fourth-order valence-corrected chi connectivity index (χ4v) is 7.47. The Morgan fingerprint density at radius 3 is 1.51 bits per heavy atom. The molecule has 0 bridgehead atoms. The molecule has 55 heavy (non-hydrogen) atoms. The number of ketones is 2. The standard InChI is InChI=1S/C43H74N2O10/c1-2-3-20-37(46)36(28-30-42(52)53)45-40(49)29-27-35(43(54)55)31-38(47)34-25-23-33(24-26-34)32-44-39(48)21-18-16-14-12-10-8-6-4-5-7-9-11-13-15-17-19-22-41(50)51/h33-36H,2-32H2,1H3,(H,44,48)(H,45,49)(H,50,51)(H,52,53)(H,54,55)/t33?,34?,35-,36-/m0/s1. The molecule has 12 heteroatoms. The monoisotopic (exact) mass is 779 g/mol. The van der Waals surface area contributed by atoms with Crippen LogP contribution in [0.25, 0.3) is 0 Å². The summed E-state index contributed by atoms with van der Waals surface area (Å²) in [7, 11) is 0. The number of carbonyl (C=O) groups is 7. The van der Waals surface area contributed by atoms with E-state index in [4.69, 9.17) is 10.2 Å². The molecule has 0 radical (unpaired) electrons. The first-order valence-corrected chi connectivity index (χ1v) is 21.7. The zero-order chi connectivity index (χ0) is 40.7. The molecule has 0 aromatic heterocycles. The smallest absolute Gasteiger partial charge is 0.306 e. The van der Waals surface area contributed by atoms with Gasteiger partial charge in [-0.05, 0) is 63.7 Å². The van der Waals surface area contributed by atoms with Crippen molar-refractivity contribution < 1.29 is 48.9 Å². The van der Waals surface area contributed by atoms with E-state index in [0.717, 1.165) is 57.8 Å². The zero-order valence-corrected chi connectivity index (χ0v) is 33.9. The molecule has 12 nitrogen and oxygen atoms in total. The highest BCUT2D eigenvalue weighted by Crippen LogP contribution is 2.31. The van der Waals surface area contributed by atoms with Gasteiger partial charge >= 0.3 is 17.9 Å². The second kappa shape index (κ2) is 31.8. The van der Waals surface area contributed by atoms with E-state index >= 15 is 0 Å². The molecule has 0 unspecified atom stereocenters. The van der Waals surface area contributed by atoms with E-state index in [1.807, 2.05) is 6.92 Å². The highest BCUT2D eigenvalue weighted by Gasteiger charge is 2.31. The van der Waals surface area contributed by atoms with Gasteiger partial charge in [-0.25, -0.2) is 0 Å². The largest absolute Gasteiger partial charge is 0.481 e. The first-order valence-electron chi connectivity index (χ1n) is 21.7. The number of carboxylic acids is 3. The number of unbranched alkanes of at least 4 members (excludes halogenated alkanes) is 16. The van der Waals surface area contributed by atoms with Crippen LogP contribution >= 0.6 is 0 Å². The number of hydrogen-bond acceptors (Lipinski definition) is 7. The summed E-state index contributed by atoms with van der Waals surface area (Å²) in [6.07, 6.45) is 23.4. The van der Waals surface area contributed by atoms with E-state index in [-0.39, 0.29) is 61.9 Å². The summed E-state index contributed by atoms with van der Waals surface area (Å²) < 4.78 is 0. The van der Waals surface area contributed by atoms with Crippen LogP contribution in [0, 0.1) is 17.8 Å². The Morgan fingerprint density at radius 2 is 1.04 bits per heavy atom. The Bertz CT molecular complexity index is 1130. The van der Waals surface area contributed by atoms with Crippen LogP contribution in [0.1, 0.15) is 200 Å². The van der Waals surface area contributed by atoms with Gasteiger partial charge in [0.2, 0.25) is 11.8 Å². The predicted octanol–water partition coefficient (Wildman–Crippen LogP) is 8.56. The predicted molar refractivity (Wildman–Crippen MR) is 213 cm³/mol. The number of nitrogens with one attached hydrogen (secondary N) is 2. The Kier molecular flexibility index (Phi) is 28.8. The van der Waals surface area contributed by atoms with Crippen LogP contribution in [-0.4, -0.2) is 69.2 Å². The third-order valence-electron chi connectivity index (χ3n) is 11.1. The van der Waals surface area contributed by atoms with Crippen molar-refractivity contribution in [1.82, 2.24) is 10.6 Å². The number of hydrogen-bond donors (Lipinski definition) is 5. The van der Waals surface area contributed by atoms with Crippen molar-refractivity contribution >= 4 is 41.3 Å². The van der Waals surface area contributed by atoms with E-state index in [0.29, 0.717) is 44.6 Å². The Labute approximate surface area is 330 Å². The lowest BCUT2D eigenvalue weighted by Crippen LogP contribution is -2.41. The summed E-state index contributed by atoms with van der Waals surface area (Å²) in [6.45, 7) is 2.52. The fourth-order valence-electron chi connectivity index (χ4n) is 7.47. The third-order valence-corrected chi connectivity index (χ3v) is 11.1. The topological polar surface area (TPSA) is 204 Å². The van der Waals surface area contributed by atoms with E-state index in [2.05, 4.69) is 10.6 Å². The molecule has 0 aromatic carbocycles. The van der Waals surface area contributed by atoms with Crippen molar-refractivity contribution in [2.45, 2.75) is 206 Å². The Morgan fingerprint density at radius 1 is 0.545 bits per heavy atom. The van der Waals surface area contributed by atoms with Gasteiger partial charge in [0.05, 0.1) is 12.0 Å². The maximum absolute atomic E-state index is 13.0. The molecular weight excluding hydrogens is 704 g/mol. The molecule has 1 aliphatic carbocycles. The number of Topliss-reactive ketones (excluding diaryl/α,β-unsaturated/α-hetero) is 2. The number of amides is 2. The van der Waals surface area contributed by atoms with Crippen LogP contribution < -0.4 is 10.6 Å². The van der Waals surface area contributed by atoms with Gasteiger partial charge in [0.1, 0.15) is 5.78 Å². The second-order valence-corrected chi connectivity index (χ2v) is 15.9. The van der Waals surface area contributed by atoms with Gasteiger partial charge in [0.15, 0.2) is 5.78 Å². The van der Waals surface area contributed by atoms with Crippen molar-refractivity contribution in [2.24, 2.45) is 17.8 Å². The highest BCUT2D eigenvalue weighted by molar-refractivity contribution is 5.90. The normalized spacial score (nSPS) is 16.5. The lowest BCUT2D eigenvalue weighted by molar-refractivity contribution is -0.145. The first kappa shape index (κ1) is 49.7. The van der Waals surface area contributed by atoms with Gasteiger partial charge in [-0.2, -0.15) is 0 Å². The minimum atomic E-state index is -1.15. The zero-order valence-electron chi connectivity index (χ0n) is 33.9. The van der Waals surface area contributed by atoms with Crippen LogP contribution in [0.3, 0.4) is 0 Å². The molecule has 5 N–H and O–H groups in total. The molecule has 0 aromatic rings. The Hall–Kier alpha value is -3.31. The van der Waals surface area contributed by atoms with Crippen molar-refractivity contribution in [3.05, 3.63) is 0 Å². The summed E-state index contributed by atoms with van der Waals surface area (Å²) in [5.41, 5.74) is 0. The molecule has 0 saturated heterocycles. The van der Waals surface area contributed by atoms with Gasteiger partial charge in [-0.15, -0.1) is 0 Å². The summed E-state index contributed by atoms with van der Waals surface area (Å²) >= 11 is 0. The maximum Gasteiger partial charge on any atom is 0.306 e. The van der Waals surface area contributed by atoms with Crippen molar-refractivity contribution in [1.29, 1.82) is 0 Å². The molecule has 2 amide bonds. The highest BCUT2D eigenvalue weighted by atomic mass is 16.4. The number of aliphatic carboxylic acids is 3. The van der Waals surface area contributed by atoms with E-state index in [1.165, 1.54) is 64.2 Å². The average Bonchev–Trinajstić information content (AvgIpc) is 3.15. The molecule has 0 spiro atoms. The van der Waals surface area contributed by atoms with E-state index in [1.54, 1.807) is 0 Å². The molecular formula is C43H74N2O10. The average molecular weight is 779 g/mol. The lowest BCUT2D eigenvalue weighted by Gasteiger charge is -2.28. The van der Waals surface area contributed by atoms with Crippen molar-refractivity contribution in [3.8, 4) is 0 Å². The van der Waals surface area contributed by atoms with Crippen LogP contribution in [0.4, 0.5) is 0 Å². The quantitative estimate of drug-likeness (QED) is 0.0383. The number of carbonyl (C=O) groups excluding carboxylic acids is 4. The molecule has 2 atom stereocenters. The van der Waals surface area contributed by atoms with Gasteiger partial charge in [-0.3, -0.25) is 33.6 Å². The molecule has 1 rings (SSSR count). The summed E-state index contributed by atoms with van der Waals surface area (Å²) in [5, 5.41) is 33.1. The summed E-state index contributed by atoms with van der Waals surface area (Å²) in [5.74, 6) is -4.67. The minimum Gasteiger partial charge on any atom is -0.481 e. The third kappa shape index (κ3) is 27.0. The molecule has 316 valence electrons. The van der Waals surface area contributed by atoms with Gasteiger partial charge in [-0.1, -0.05) is 103 Å². The van der Waals surface area contributed by atoms with Crippen LogP contribution in [0.5, 0.6) is 0 Å². The molecule has 0 aliphatic heterocycles. The molecule has 1 aliphatic rings. The summed E-state index contributed by atoms with van der Waals surface area (Å²) in [4.78, 5) is 84.1. The fraction of sp³-hybridized carbons (Fsp3) is 0.837. The second-order valence-electron chi connectivity index (χ2n) is 15.9. The van der Waals surface area contributed by atoms with Gasteiger partial charge in [0.25, 0.3) is 0 Å². The molecule has 1 fully saturated rings. The van der Waals surface area contributed by atoms with E-state index in [9.17, 15) is 38.7 Å². The van der Waals surface area contributed by atoms with Crippen LogP contribution in [0.2, 0.25) is 0 Å². The van der Waals surface area contributed by atoms with Crippen LogP contribution in [0.15, 0.2) is 0 Å². The first-order chi connectivity index (χ1) is 26.4. The Balaban J connectivity index is 2.14. The van der Waals surface area contributed by atoms with Gasteiger partial charge in [0, 0.05) is 51.0 Å². The minimum absolute atomic E-state index is 0.0249. The van der Waals surface area contributed by atoms with Crippen LogP contribution in [-0.2, 0) is 33.6 Å². The van der Waals surface area contributed by atoms with Crippen molar-refractivity contribution in [2.75, 3.05) is 6.54 Å². The van der Waals surface area contributed by atoms with E-state index < -0.39 is 35.8 Å². The number of carboxylic acid groups (broad SMARTS) is 3. The van der Waals surface area contributed by atoms with Crippen molar-refractivity contribution in [3.63, 3.8) is 0 Å². The SMILES string of the molecule is CCCCC(=O)[C@H](CCC(=O)O)NC(=O)CC[C@@H](CC(=O)C1CCC(CNC(=O)CCCCCCCCCCCCCCCCCCC(=O)O)CC1)C(=O)O. The lowest BCUT2D eigenvalue weighted by atomic mass is 9.78. The molecule has 0 heterocycles. The maximum atomic E-state index is 13.0. The molecule has 1 saturated carbocycles. The van der Waals surface area contributed by atoms with Gasteiger partial charge < -0.3 is 26.0 Å². The number of rotatable bonds is 36.